The molecule has 0 atom stereocenters. The number of carboxylic acid groups (broad SMARTS) is 1. The van der Waals surface area contributed by atoms with E-state index in [0.717, 1.165) is 57.6 Å². The summed E-state index contributed by atoms with van der Waals surface area (Å²) >= 11 is 1.83. The summed E-state index contributed by atoms with van der Waals surface area (Å²) in [6.45, 7) is 4.30. The van der Waals surface area contributed by atoms with Crippen LogP contribution in [-0.2, 0) is 16.1 Å². The number of hydrogen-bond donors (Lipinski definition) is 2. The van der Waals surface area contributed by atoms with Gasteiger partial charge in [0, 0.05) is 59.9 Å². The highest BCUT2D eigenvalue weighted by molar-refractivity contribution is 7.22. The van der Waals surface area contributed by atoms with Crippen molar-refractivity contribution in [2.75, 3.05) is 30.4 Å². The molecule has 8 nitrogen and oxygen atoms in total. The van der Waals surface area contributed by atoms with E-state index in [2.05, 4.69) is 62.3 Å². The van der Waals surface area contributed by atoms with Crippen molar-refractivity contribution < 1.29 is 14.6 Å². The molecule has 0 unspecified atom stereocenters. The summed E-state index contributed by atoms with van der Waals surface area (Å²) in [6.07, 6.45) is 5.83. The van der Waals surface area contributed by atoms with Crippen LogP contribution in [0.1, 0.15) is 30.9 Å². The predicted molar refractivity (Wildman–Crippen MR) is 149 cm³/mol. The first-order chi connectivity index (χ1) is 18.0. The van der Waals surface area contributed by atoms with E-state index in [9.17, 15) is 0 Å². The van der Waals surface area contributed by atoms with Crippen molar-refractivity contribution in [3.05, 3.63) is 65.9 Å². The number of anilines is 3. The molecule has 3 N–H and O–H groups in total. The van der Waals surface area contributed by atoms with Gasteiger partial charge in [-0.1, -0.05) is 18.2 Å². The van der Waals surface area contributed by atoms with Crippen LogP contribution >= 0.6 is 11.3 Å². The highest BCUT2D eigenvalue weighted by atomic mass is 32.1. The van der Waals surface area contributed by atoms with E-state index in [1.807, 2.05) is 23.6 Å². The van der Waals surface area contributed by atoms with Crippen LogP contribution in [0.25, 0.3) is 20.5 Å². The van der Waals surface area contributed by atoms with Crippen molar-refractivity contribution in [2.45, 2.75) is 26.3 Å². The molecule has 1 saturated heterocycles. The number of aliphatic imine (C=N–C) groups is 1. The molecule has 0 radical (unpaired) electrons. The number of nitrogen functional groups attached to an aromatic ring is 1. The summed E-state index contributed by atoms with van der Waals surface area (Å²) in [5.74, 6) is 0.813. The van der Waals surface area contributed by atoms with Gasteiger partial charge in [0.2, 0.25) is 5.95 Å². The fourth-order valence-corrected chi connectivity index (χ4v) is 5.83. The Bertz CT molecular complexity index is 1410. The highest BCUT2D eigenvalue weighted by Gasteiger charge is 2.24. The number of carboxylic acids is 1. The molecule has 2 aliphatic rings. The average Bonchev–Trinajstić information content (AvgIpc) is 3.54. The second kappa shape index (κ2) is 11.1. The molecule has 0 bridgehead atoms. The minimum absolute atomic E-state index is 0.289. The number of aliphatic carboxylic acids is 1. The van der Waals surface area contributed by atoms with E-state index < -0.39 is 5.97 Å². The first-order valence-electron chi connectivity index (χ1n) is 12.3. The average molecular weight is 516 g/mol. The maximum atomic E-state index is 9.00. The molecule has 0 aliphatic carbocycles. The smallest absolute Gasteiger partial charge is 0.300 e. The molecule has 0 spiro atoms. The lowest BCUT2D eigenvalue weighted by molar-refractivity contribution is -0.134. The number of thiophene rings is 1. The van der Waals surface area contributed by atoms with Gasteiger partial charge in [-0.05, 0) is 65.6 Å². The monoisotopic (exact) mass is 515 g/mol. The van der Waals surface area contributed by atoms with Gasteiger partial charge in [-0.15, -0.1) is 11.3 Å². The summed E-state index contributed by atoms with van der Waals surface area (Å²) in [5, 5.41) is 8.69. The Labute approximate surface area is 219 Å². The number of fused-ring (bicyclic) bond motifs is 2. The van der Waals surface area contributed by atoms with Crippen LogP contribution < -0.4 is 10.6 Å². The van der Waals surface area contributed by atoms with Crippen LogP contribution in [0.15, 0.2) is 59.7 Å². The van der Waals surface area contributed by atoms with Crippen LogP contribution in [0.2, 0.25) is 0 Å². The molecule has 0 saturated carbocycles. The van der Waals surface area contributed by atoms with Crippen molar-refractivity contribution in [1.82, 2.24) is 9.97 Å². The second-order valence-electron chi connectivity index (χ2n) is 9.14. The third-order valence-electron chi connectivity index (χ3n) is 6.47. The molecule has 2 aliphatic heterocycles. The van der Waals surface area contributed by atoms with Crippen LogP contribution in [0.4, 0.5) is 17.5 Å². The fraction of sp³-hybridized carbons (Fsp3) is 0.286. The van der Waals surface area contributed by atoms with Crippen molar-refractivity contribution in [1.29, 1.82) is 0 Å². The molecule has 4 aromatic rings. The Hall–Kier alpha value is -3.82. The van der Waals surface area contributed by atoms with Crippen LogP contribution in [0, 0.1) is 5.92 Å². The van der Waals surface area contributed by atoms with Gasteiger partial charge in [0.05, 0.1) is 6.54 Å². The van der Waals surface area contributed by atoms with Gasteiger partial charge < -0.3 is 20.5 Å². The van der Waals surface area contributed by atoms with Crippen LogP contribution in [0.5, 0.6) is 0 Å². The zero-order chi connectivity index (χ0) is 25.8. The quantitative estimate of drug-likeness (QED) is 0.359. The first kappa shape index (κ1) is 24.9. The van der Waals surface area contributed by atoms with Crippen LogP contribution in [0.3, 0.4) is 0 Å². The Kier molecular flexibility index (Phi) is 7.43. The van der Waals surface area contributed by atoms with Crippen molar-refractivity contribution in [2.24, 2.45) is 10.9 Å². The van der Waals surface area contributed by atoms with E-state index in [1.165, 1.54) is 31.7 Å². The van der Waals surface area contributed by atoms with Gasteiger partial charge in [-0.2, -0.15) is 4.98 Å². The lowest BCUT2D eigenvalue weighted by Gasteiger charge is -2.31. The molecule has 4 heterocycles. The molecular weight excluding hydrogens is 486 g/mol. The number of nitrogens with two attached hydrogens (primary N) is 1. The normalized spacial score (nSPS) is 14.7. The van der Waals surface area contributed by atoms with Gasteiger partial charge in [0.25, 0.3) is 5.97 Å². The minimum atomic E-state index is -0.833. The number of carbonyl (C=O) groups is 1. The molecule has 2 aromatic carbocycles. The zero-order valence-electron chi connectivity index (χ0n) is 20.6. The minimum Gasteiger partial charge on any atom is -0.481 e. The largest absolute Gasteiger partial charge is 0.481 e. The molecule has 2 aromatic heterocycles. The van der Waals surface area contributed by atoms with E-state index in [0.29, 0.717) is 5.92 Å². The maximum absolute atomic E-state index is 9.00. The third-order valence-corrected chi connectivity index (χ3v) is 7.62. The highest BCUT2D eigenvalue weighted by Crippen LogP contribution is 2.41. The summed E-state index contributed by atoms with van der Waals surface area (Å²) in [6, 6.07) is 17.3. The fourth-order valence-electron chi connectivity index (χ4n) is 4.73. The van der Waals surface area contributed by atoms with E-state index >= 15 is 0 Å². The topological polar surface area (TPSA) is 114 Å². The van der Waals surface area contributed by atoms with E-state index in [-0.39, 0.29) is 5.95 Å². The van der Waals surface area contributed by atoms with E-state index in [4.69, 9.17) is 20.4 Å². The Morgan fingerprint density at radius 2 is 1.97 bits per heavy atom. The van der Waals surface area contributed by atoms with Crippen molar-refractivity contribution >= 4 is 51.1 Å². The summed E-state index contributed by atoms with van der Waals surface area (Å²) in [5.41, 5.74) is 10.8. The molecular formula is C28H29N5O3S. The summed E-state index contributed by atoms with van der Waals surface area (Å²) in [7, 11) is 0. The predicted octanol–water partition coefficient (Wildman–Crippen LogP) is 5.53. The van der Waals surface area contributed by atoms with Gasteiger partial charge in [0.15, 0.2) is 0 Å². The van der Waals surface area contributed by atoms with E-state index in [1.54, 1.807) is 6.20 Å². The number of aromatic nitrogens is 2. The SMILES string of the molecule is CC(=O)O.Nc1nccc(N(CC2CCOCC2)c2cc3c(c(-c4cc5ccccc5s4)c2)CN=C3)n1. The van der Waals surface area contributed by atoms with Crippen molar-refractivity contribution in [3.63, 3.8) is 0 Å². The number of hydrogen-bond acceptors (Lipinski definition) is 8. The van der Waals surface area contributed by atoms with Crippen molar-refractivity contribution in [3.8, 4) is 10.4 Å². The Morgan fingerprint density at radius 3 is 2.73 bits per heavy atom. The third kappa shape index (κ3) is 5.79. The summed E-state index contributed by atoms with van der Waals surface area (Å²) < 4.78 is 6.90. The Morgan fingerprint density at radius 1 is 1.19 bits per heavy atom. The van der Waals surface area contributed by atoms with Crippen LogP contribution in [-0.4, -0.2) is 47.0 Å². The molecule has 0 amide bonds. The molecule has 6 rings (SSSR count). The second-order valence-corrected chi connectivity index (χ2v) is 10.2. The number of nitrogens with zero attached hydrogens (tertiary/aromatic N) is 4. The number of benzene rings is 2. The lowest BCUT2D eigenvalue weighted by atomic mass is 9.97. The maximum Gasteiger partial charge on any atom is 0.300 e. The molecule has 37 heavy (non-hydrogen) atoms. The first-order valence-corrected chi connectivity index (χ1v) is 13.1. The van der Waals surface area contributed by atoms with Gasteiger partial charge >= 0.3 is 0 Å². The molecule has 1 fully saturated rings. The number of rotatable bonds is 5. The number of ether oxygens (including phenoxy) is 1. The molecule has 190 valence electrons. The lowest BCUT2D eigenvalue weighted by Crippen LogP contribution is -2.30. The van der Waals surface area contributed by atoms with Gasteiger partial charge in [-0.25, -0.2) is 4.98 Å². The van der Waals surface area contributed by atoms with Gasteiger partial charge in [0.1, 0.15) is 5.82 Å². The standard InChI is InChI=1S/C26H25N5OS.C2H4O2/c27-26-29-8-5-25(30-26)31(16-17-6-9-32-10-7-17)20-11-19-14-28-15-22(19)21(13-20)24-12-18-3-1-2-4-23(18)33-24;1-2(3)4/h1-5,8,11-14,17H,6-7,9-10,15-16H2,(H2,27,29,30);1H3,(H,3,4). The Balaban J connectivity index is 0.000000655. The van der Waals surface area contributed by atoms with Gasteiger partial charge in [-0.3, -0.25) is 9.79 Å². The molecule has 9 heteroatoms. The zero-order valence-corrected chi connectivity index (χ0v) is 21.4. The summed E-state index contributed by atoms with van der Waals surface area (Å²) in [4.78, 5) is 25.8.